The van der Waals surface area contributed by atoms with Crippen LogP contribution in [0.4, 0.5) is 0 Å². The molecule has 14 aromatic rings. The van der Waals surface area contributed by atoms with E-state index in [9.17, 15) is 28.8 Å². The Morgan fingerprint density at radius 3 is 1.18 bits per heavy atom. The molecule has 30 heteroatoms. The Bertz CT molecular complexity index is 5770. The molecule has 6 amide bonds. The third-order valence-corrected chi connectivity index (χ3v) is 22.1. The number of aromatic nitrogens is 11. The first kappa shape index (κ1) is 99.4. The van der Waals surface area contributed by atoms with Gasteiger partial charge < -0.3 is 59.9 Å². The molecular formula is C106H113N17O12S. The molecule has 0 spiro atoms. The molecule has 700 valence electrons. The number of aryl methyl sites for hydroxylation is 1. The molecule has 5 N–H and O–H groups in total. The Kier molecular flexibility index (Phi) is 39.3. The molecule has 0 radical (unpaired) electrons. The summed E-state index contributed by atoms with van der Waals surface area (Å²) in [6.07, 6.45) is 30.0. The minimum atomic E-state index is -0.192. The number of likely N-dealkylation sites (tertiary alicyclic amines) is 1. The lowest BCUT2D eigenvalue weighted by atomic mass is 9.92. The van der Waals surface area contributed by atoms with Gasteiger partial charge in [-0.3, -0.25) is 48.7 Å². The fourth-order valence-electron chi connectivity index (χ4n) is 13.2. The van der Waals surface area contributed by atoms with Gasteiger partial charge in [0.2, 0.25) is 35.3 Å². The van der Waals surface area contributed by atoms with Crippen LogP contribution in [0.3, 0.4) is 0 Å². The lowest BCUT2D eigenvalue weighted by Crippen LogP contribution is -2.42. The molecule has 17 rings (SSSR count). The van der Waals surface area contributed by atoms with E-state index < -0.39 is 0 Å². The number of thiazole rings is 1. The molecule has 0 unspecified atom stereocenters. The lowest BCUT2D eigenvalue weighted by Gasteiger charge is -2.30. The number of benzene rings is 3. The largest absolute Gasteiger partial charge is 0.473 e. The van der Waals surface area contributed by atoms with Crippen molar-refractivity contribution in [1.29, 1.82) is 0 Å². The number of hydrogen-bond acceptors (Lipinski definition) is 24. The molecule has 3 aromatic carbocycles. The molecule has 0 bridgehead atoms. The molecule has 1 aliphatic heterocycles. The standard InChI is InChI=1S/2C19H17N3O2.C19H25N3O2.C17H19N3O2.C16H19N3O2S.C16H16N2O2/c2*23-19(22-13-17-8-4-5-11-20-17)16-9-10-18(21-12-16)24-14-15-6-2-1-3-7-15;1-14-16(18(23)21-12-9-19(2,3)4)5-6-17(22-14)24-13-15-7-10-20-11-8-15;1-12(14-2-3-14)20-17(21)15-4-5-16(19-10-15)22-11-13-6-8-18-9-7-13;20-16(19-13-4-2-1-3-5-13)12-6-7-14(18-10-12)21-11-15-17-8-9-22-15;19-16(18-9-4-10-18)14-7-8-15(17-11-14)20-12-13-5-2-1-3-6-13/h2*1-12H,13-14H2,(H,22,23);5-8,10-11H,9,12-13H2,1-4H3,(H,21,23);4-10,12,14H,2-3,11H2,1H3,(H,20,21);6-10,13H,1-5,11H2,(H,19,20);1-3,5-8,11H,4,9-10,12H2/t;;;12-;;/m...1../s1. The summed E-state index contributed by atoms with van der Waals surface area (Å²) < 4.78 is 33.6. The minimum Gasteiger partial charge on any atom is -0.473 e. The van der Waals surface area contributed by atoms with Gasteiger partial charge >= 0.3 is 0 Å². The number of carbonyl (C=O) groups is 6. The topological polar surface area (TPSA) is 363 Å². The van der Waals surface area contributed by atoms with Gasteiger partial charge in [-0.05, 0) is 176 Å². The van der Waals surface area contributed by atoms with Crippen molar-refractivity contribution in [3.05, 3.63) is 387 Å². The highest BCUT2D eigenvalue weighted by Crippen LogP contribution is 2.33. The Morgan fingerprint density at radius 1 is 0.390 bits per heavy atom. The van der Waals surface area contributed by atoms with E-state index in [-0.39, 0.29) is 46.9 Å². The number of rotatable bonds is 33. The van der Waals surface area contributed by atoms with Gasteiger partial charge in [0, 0.05) is 148 Å². The van der Waals surface area contributed by atoms with Crippen LogP contribution in [0.5, 0.6) is 35.3 Å². The first-order valence-electron chi connectivity index (χ1n) is 45.2. The van der Waals surface area contributed by atoms with Crippen molar-refractivity contribution in [1.82, 2.24) is 86.3 Å². The van der Waals surface area contributed by atoms with Crippen molar-refractivity contribution in [2.45, 2.75) is 157 Å². The Hall–Kier alpha value is -15.6. The summed E-state index contributed by atoms with van der Waals surface area (Å²) >= 11 is 1.54. The maximum atomic E-state index is 12.2. The van der Waals surface area contributed by atoms with Crippen molar-refractivity contribution >= 4 is 46.8 Å². The number of pyridine rings is 10. The predicted octanol–water partition coefficient (Wildman–Crippen LogP) is 17.8. The summed E-state index contributed by atoms with van der Waals surface area (Å²) in [5, 5.41) is 17.5. The third kappa shape index (κ3) is 35.5. The molecule has 2 aliphatic carbocycles. The number of hydrogen-bond donors (Lipinski definition) is 5. The van der Waals surface area contributed by atoms with E-state index in [0.717, 1.165) is 83.0 Å². The molecule has 3 fully saturated rings. The fourth-order valence-corrected chi connectivity index (χ4v) is 13.7. The number of ether oxygens (including phenoxy) is 6. The first-order valence-corrected chi connectivity index (χ1v) is 46.1. The second-order valence-corrected chi connectivity index (χ2v) is 34.1. The van der Waals surface area contributed by atoms with Gasteiger partial charge in [0.1, 0.15) is 44.6 Å². The maximum absolute atomic E-state index is 12.2. The van der Waals surface area contributed by atoms with E-state index >= 15 is 0 Å². The SMILES string of the molecule is C[C@@H](NC(=O)c1ccc(OCc2ccncc2)nc1)C1CC1.Cc1nc(OCc2ccncc2)ccc1C(=O)NCCC(C)(C)C.O=C(NC1CCCCC1)c1ccc(OCc2nccs2)nc1.O=C(NCc1ccccn1)c1ccc(OCc2ccccc2)nc1.O=C(NCc1ccccn1)c1ccc(OCc2ccccc2)nc1.O=C(c1ccc(OCc2ccccc2)nc1)N1CCC1. The fraction of sp³-hybridized carbons (Fsp3) is 0.274. The molecule has 3 aliphatic rings. The summed E-state index contributed by atoms with van der Waals surface area (Å²) in [6, 6.07) is 69.6. The van der Waals surface area contributed by atoms with Crippen LogP contribution in [0.25, 0.3) is 0 Å². The maximum Gasteiger partial charge on any atom is 0.255 e. The van der Waals surface area contributed by atoms with E-state index in [1.807, 2.05) is 169 Å². The highest BCUT2D eigenvalue weighted by Gasteiger charge is 2.30. The predicted molar refractivity (Wildman–Crippen MR) is 518 cm³/mol. The van der Waals surface area contributed by atoms with Crippen LogP contribution >= 0.6 is 11.3 Å². The molecular weight excluding hydrogens is 1740 g/mol. The first-order chi connectivity index (χ1) is 66.3. The zero-order valence-electron chi connectivity index (χ0n) is 76.9. The summed E-state index contributed by atoms with van der Waals surface area (Å²) in [4.78, 5) is 120. The number of amides is 6. The molecule has 1 atom stereocenters. The number of nitrogens with one attached hydrogen (secondary N) is 5. The summed E-state index contributed by atoms with van der Waals surface area (Å²) in [5.74, 6) is 3.12. The van der Waals surface area contributed by atoms with Gasteiger partial charge in [-0.25, -0.2) is 34.9 Å². The monoisotopic (exact) mass is 1850 g/mol. The van der Waals surface area contributed by atoms with Crippen molar-refractivity contribution in [2.75, 3.05) is 19.6 Å². The van der Waals surface area contributed by atoms with Crippen LogP contribution in [0, 0.1) is 18.3 Å². The zero-order valence-corrected chi connectivity index (χ0v) is 77.7. The molecule has 12 heterocycles. The third-order valence-electron chi connectivity index (χ3n) is 21.3. The van der Waals surface area contributed by atoms with Crippen LogP contribution in [-0.4, -0.2) is 127 Å². The van der Waals surface area contributed by atoms with Gasteiger partial charge in [-0.15, -0.1) is 11.3 Å². The van der Waals surface area contributed by atoms with Crippen molar-refractivity contribution in [3.63, 3.8) is 0 Å². The van der Waals surface area contributed by atoms with Crippen LogP contribution in [0.1, 0.15) is 198 Å². The van der Waals surface area contributed by atoms with Crippen molar-refractivity contribution in [2.24, 2.45) is 11.3 Å². The average molecular weight is 1850 g/mol. The Labute approximate surface area is 796 Å². The molecule has 11 aromatic heterocycles. The summed E-state index contributed by atoms with van der Waals surface area (Å²) in [6.45, 7) is 16.1. The van der Waals surface area contributed by atoms with E-state index in [4.69, 9.17) is 28.4 Å². The van der Waals surface area contributed by atoms with Crippen LogP contribution in [0.2, 0.25) is 0 Å². The van der Waals surface area contributed by atoms with Crippen molar-refractivity contribution < 1.29 is 57.2 Å². The van der Waals surface area contributed by atoms with Gasteiger partial charge in [-0.2, -0.15) is 0 Å². The van der Waals surface area contributed by atoms with Gasteiger partial charge in [0.25, 0.3) is 35.4 Å². The van der Waals surface area contributed by atoms with E-state index in [2.05, 4.69) is 109 Å². The van der Waals surface area contributed by atoms with E-state index in [1.54, 1.807) is 146 Å². The minimum absolute atomic E-state index is 0.0501. The van der Waals surface area contributed by atoms with Crippen LogP contribution in [-0.2, 0) is 52.7 Å². The van der Waals surface area contributed by atoms with Crippen molar-refractivity contribution in [3.8, 4) is 35.3 Å². The number of carbonyl (C=O) groups excluding carboxylic acids is 6. The van der Waals surface area contributed by atoms with E-state index in [0.29, 0.717) is 146 Å². The average Bonchev–Trinajstić information content (AvgIpc) is 1.51. The van der Waals surface area contributed by atoms with E-state index in [1.165, 1.54) is 44.5 Å². The normalized spacial score (nSPS) is 12.5. The lowest BCUT2D eigenvalue weighted by molar-refractivity contribution is 0.0650. The highest BCUT2D eigenvalue weighted by atomic mass is 32.1. The highest BCUT2D eigenvalue weighted by molar-refractivity contribution is 7.09. The van der Waals surface area contributed by atoms with Gasteiger partial charge in [0.15, 0.2) is 0 Å². The number of nitrogens with zero attached hydrogens (tertiary/aromatic N) is 12. The smallest absolute Gasteiger partial charge is 0.255 e. The molecule has 1 saturated heterocycles. The molecule has 2 saturated carbocycles. The second-order valence-electron chi connectivity index (χ2n) is 33.2. The molecule has 136 heavy (non-hydrogen) atoms. The summed E-state index contributed by atoms with van der Waals surface area (Å²) in [7, 11) is 0. The quantitative estimate of drug-likeness (QED) is 0.0255. The Balaban J connectivity index is 0.000000147. The second kappa shape index (κ2) is 53.8. The van der Waals surface area contributed by atoms with Gasteiger partial charge in [-0.1, -0.05) is 143 Å². The summed E-state index contributed by atoms with van der Waals surface area (Å²) in [5.41, 5.74) is 11.1. The molecule has 29 nitrogen and oxygen atoms in total. The van der Waals surface area contributed by atoms with Crippen LogP contribution < -0.4 is 55.0 Å². The Morgan fingerprint density at radius 2 is 0.794 bits per heavy atom. The zero-order chi connectivity index (χ0) is 95.2. The van der Waals surface area contributed by atoms with Gasteiger partial charge in [0.05, 0.1) is 63.6 Å². The van der Waals surface area contributed by atoms with Crippen LogP contribution in [0.15, 0.2) is 304 Å².